The molecule has 1 amide bonds. The summed E-state index contributed by atoms with van der Waals surface area (Å²) in [5.41, 5.74) is 2.29. The molecule has 144 valence electrons. The van der Waals surface area contributed by atoms with E-state index in [0.29, 0.717) is 16.5 Å². The van der Waals surface area contributed by atoms with E-state index < -0.39 is 11.8 Å². The number of hydrogen-bond donors (Lipinski definition) is 0. The first-order chi connectivity index (χ1) is 13.3. The van der Waals surface area contributed by atoms with Crippen molar-refractivity contribution in [3.63, 3.8) is 0 Å². The van der Waals surface area contributed by atoms with Crippen LogP contribution in [0.15, 0.2) is 47.8 Å². The Morgan fingerprint density at radius 3 is 2.71 bits per heavy atom. The van der Waals surface area contributed by atoms with Gasteiger partial charge in [-0.3, -0.25) is 9.69 Å². The fourth-order valence-electron chi connectivity index (χ4n) is 2.53. The quantitative estimate of drug-likeness (QED) is 0.528. The van der Waals surface area contributed by atoms with Crippen LogP contribution < -0.4 is 4.90 Å². The van der Waals surface area contributed by atoms with Crippen molar-refractivity contribution in [3.05, 3.63) is 75.5 Å². The Hall–Kier alpha value is -2.77. The molecule has 0 aliphatic carbocycles. The molecule has 3 rings (SSSR count). The van der Waals surface area contributed by atoms with E-state index in [0.717, 1.165) is 17.7 Å². The number of carbonyl (C=O) groups excluding carboxylic acids is 2. The Morgan fingerprint density at radius 2 is 2.04 bits per heavy atom. The molecule has 5 nitrogen and oxygen atoms in total. The molecule has 0 N–H and O–H groups in total. The summed E-state index contributed by atoms with van der Waals surface area (Å²) in [7, 11) is 0. The van der Waals surface area contributed by atoms with Crippen LogP contribution in [0.4, 0.5) is 15.2 Å². The molecular weight excluding hydrogens is 403 g/mol. The minimum Gasteiger partial charge on any atom is -0.456 e. The van der Waals surface area contributed by atoms with Gasteiger partial charge in [-0.1, -0.05) is 23.7 Å². The zero-order valence-electron chi connectivity index (χ0n) is 15.1. The standard InChI is InChI=1S/C20H16ClFN2O3S/c1-12-4-3-5-16(8-12)24(13(2)25)20-23-15(11-28-20)10-27-19(26)17-7-6-14(22)9-18(17)21/h3-9,11H,10H2,1-2H3. The zero-order chi connectivity index (χ0) is 20.3. The van der Waals surface area contributed by atoms with Gasteiger partial charge in [-0.2, -0.15) is 0 Å². The third kappa shape index (κ3) is 4.55. The average molecular weight is 419 g/mol. The number of anilines is 2. The molecule has 2 aromatic carbocycles. The van der Waals surface area contributed by atoms with Gasteiger partial charge in [-0.05, 0) is 42.8 Å². The van der Waals surface area contributed by atoms with E-state index >= 15 is 0 Å². The zero-order valence-corrected chi connectivity index (χ0v) is 16.7. The van der Waals surface area contributed by atoms with Crippen molar-refractivity contribution in [1.29, 1.82) is 0 Å². The van der Waals surface area contributed by atoms with Crippen LogP contribution >= 0.6 is 22.9 Å². The number of nitrogens with zero attached hydrogens (tertiary/aromatic N) is 2. The predicted molar refractivity (Wildman–Crippen MR) is 107 cm³/mol. The van der Waals surface area contributed by atoms with Crippen LogP contribution in [0.3, 0.4) is 0 Å². The van der Waals surface area contributed by atoms with Crippen LogP contribution in [0, 0.1) is 12.7 Å². The van der Waals surface area contributed by atoms with Crippen molar-refractivity contribution in [3.8, 4) is 0 Å². The van der Waals surface area contributed by atoms with Gasteiger partial charge in [0.25, 0.3) is 0 Å². The van der Waals surface area contributed by atoms with Crippen LogP contribution in [0.5, 0.6) is 0 Å². The highest BCUT2D eigenvalue weighted by Crippen LogP contribution is 2.29. The molecular formula is C20H16ClFN2O3S. The first kappa shape index (κ1) is 20.0. The van der Waals surface area contributed by atoms with E-state index in [-0.39, 0.29) is 23.1 Å². The molecule has 0 aliphatic rings. The normalized spacial score (nSPS) is 10.6. The maximum atomic E-state index is 13.1. The summed E-state index contributed by atoms with van der Waals surface area (Å²) in [5.74, 6) is -1.39. The second-order valence-electron chi connectivity index (χ2n) is 6.02. The Labute approximate surface area is 170 Å². The molecule has 8 heteroatoms. The van der Waals surface area contributed by atoms with Gasteiger partial charge in [0.15, 0.2) is 5.13 Å². The lowest BCUT2D eigenvalue weighted by atomic mass is 10.2. The summed E-state index contributed by atoms with van der Waals surface area (Å²) >= 11 is 7.13. The summed E-state index contributed by atoms with van der Waals surface area (Å²) in [6.45, 7) is 3.30. The van der Waals surface area contributed by atoms with Gasteiger partial charge >= 0.3 is 5.97 Å². The topological polar surface area (TPSA) is 59.5 Å². The van der Waals surface area contributed by atoms with Gasteiger partial charge in [-0.25, -0.2) is 14.2 Å². The highest BCUT2D eigenvalue weighted by atomic mass is 35.5. The van der Waals surface area contributed by atoms with Crippen molar-refractivity contribution in [2.24, 2.45) is 0 Å². The predicted octanol–water partition coefficient (Wildman–Crippen LogP) is 5.29. The number of benzene rings is 2. The fraction of sp³-hybridized carbons (Fsp3) is 0.150. The minimum absolute atomic E-state index is 0.0221. The highest BCUT2D eigenvalue weighted by Gasteiger charge is 2.19. The molecule has 3 aromatic rings. The number of hydrogen-bond acceptors (Lipinski definition) is 5. The molecule has 0 atom stereocenters. The molecule has 0 unspecified atom stereocenters. The molecule has 28 heavy (non-hydrogen) atoms. The summed E-state index contributed by atoms with van der Waals surface area (Å²) in [6, 6.07) is 11.0. The average Bonchev–Trinajstić information content (AvgIpc) is 3.08. The first-order valence-electron chi connectivity index (χ1n) is 8.29. The molecule has 1 aromatic heterocycles. The number of thiazole rings is 1. The monoisotopic (exact) mass is 418 g/mol. The lowest BCUT2D eigenvalue weighted by Crippen LogP contribution is -2.22. The van der Waals surface area contributed by atoms with Gasteiger partial charge in [0.1, 0.15) is 12.4 Å². The highest BCUT2D eigenvalue weighted by molar-refractivity contribution is 7.14. The van der Waals surface area contributed by atoms with Crippen LogP contribution in [0.1, 0.15) is 28.5 Å². The molecule has 0 radical (unpaired) electrons. The Morgan fingerprint density at radius 1 is 1.25 bits per heavy atom. The van der Waals surface area contributed by atoms with Crippen molar-refractivity contribution in [2.45, 2.75) is 20.5 Å². The minimum atomic E-state index is -0.679. The number of ether oxygens (including phenoxy) is 1. The van der Waals surface area contributed by atoms with Crippen molar-refractivity contribution in [2.75, 3.05) is 4.90 Å². The molecule has 1 heterocycles. The molecule has 0 fully saturated rings. The first-order valence-corrected chi connectivity index (χ1v) is 9.55. The summed E-state index contributed by atoms with van der Waals surface area (Å²) in [4.78, 5) is 30.2. The van der Waals surface area contributed by atoms with Gasteiger partial charge in [-0.15, -0.1) is 11.3 Å². The maximum absolute atomic E-state index is 13.1. The van der Waals surface area contributed by atoms with Gasteiger partial charge < -0.3 is 4.74 Å². The lowest BCUT2D eigenvalue weighted by molar-refractivity contribution is -0.115. The Kier molecular flexibility index (Phi) is 6.06. The van der Waals surface area contributed by atoms with E-state index in [1.807, 2.05) is 31.2 Å². The summed E-state index contributed by atoms with van der Waals surface area (Å²) < 4.78 is 18.3. The third-order valence-corrected chi connectivity index (χ3v) is 5.00. The van der Waals surface area contributed by atoms with Crippen LogP contribution in [0.25, 0.3) is 0 Å². The van der Waals surface area contributed by atoms with Crippen molar-refractivity contribution < 1.29 is 18.7 Å². The van der Waals surface area contributed by atoms with Crippen molar-refractivity contribution >= 4 is 45.6 Å². The number of halogens is 2. The number of aryl methyl sites for hydroxylation is 1. The van der Waals surface area contributed by atoms with Crippen LogP contribution in [0.2, 0.25) is 5.02 Å². The smallest absolute Gasteiger partial charge is 0.340 e. The largest absolute Gasteiger partial charge is 0.456 e. The van der Waals surface area contributed by atoms with E-state index in [1.54, 1.807) is 5.38 Å². The van der Waals surface area contributed by atoms with Gasteiger partial charge in [0.05, 0.1) is 22.0 Å². The van der Waals surface area contributed by atoms with Crippen LogP contribution in [-0.2, 0) is 16.1 Å². The fourth-order valence-corrected chi connectivity index (χ4v) is 3.65. The lowest BCUT2D eigenvalue weighted by Gasteiger charge is -2.18. The van der Waals surface area contributed by atoms with Crippen molar-refractivity contribution in [1.82, 2.24) is 4.98 Å². The molecule has 0 spiro atoms. The second kappa shape index (κ2) is 8.50. The Balaban J connectivity index is 1.74. The molecule has 0 saturated carbocycles. The summed E-state index contributed by atoms with van der Waals surface area (Å²) in [5, 5.41) is 2.16. The van der Waals surface area contributed by atoms with E-state index in [2.05, 4.69) is 4.98 Å². The number of amides is 1. The number of esters is 1. The van der Waals surface area contributed by atoms with E-state index in [1.165, 1.54) is 29.2 Å². The SMILES string of the molecule is CC(=O)N(c1cccc(C)c1)c1nc(COC(=O)c2ccc(F)cc2Cl)cs1. The number of aromatic nitrogens is 1. The number of rotatable bonds is 5. The maximum Gasteiger partial charge on any atom is 0.340 e. The Bertz CT molecular complexity index is 1040. The molecule has 0 aliphatic heterocycles. The third-order valence-electron chi connectivity index (χ3n) is 3.81. The van der Waals surface area contributed by atoms with E-state index in [9.17, 15) is 14.0 Å². The second-order valence-corrected chi connectivity index (χ2v) is 7.26. The van der Waals surface area contributed by atoms with Gasteiger partial charge in [0, 0.05) is 12.3 Å². The molecule has 0 saturated heterocycles. The van der Waals surface area contributed by atoms with Gasteiger partial charge in [0.2, 0.25) is 5.91 Å². The summed E-state index contributed by atoms with van der Waals surface area (Å²) in [6.07, 6.45) is 0. The number of carbonyl (C=O) groups is 2. The molecule has 0 bridgehead atoms. The van der Waals surface area contributed by atoms with E-state index in [4.69, 9.17) is 16.3 Å². The van der Waals surface area contributed by atoms with Crippen LogP contribution in [-0.4, -0.2) is 16.9 Å².